The van der Waals surface area contributed by atoms with Gasteiger partial charge in [-0.2, -0.15) is 15.0 Å². The number of hydrogen-bond donors (Lipinski definition) is 1. The first-order valence-electron chi connectivity index (χ1n) is 7.08. The SMILES string of the molecule is CCCN(CC1CC1)c1nc(NC)nc(OCC)n1. The van der Waals surface area contributed by atoms with Crippen molar-refractivity contribution in [2.45, 2.75) is 33.1 Å². The average Bonchev–Trinajstić information content (AvgIpc) is 3.22. The molecule has 1 heterocycles. The van der Waals surface area contributed by atoms with Gasteiger partial charge in [-0.1, -0.05) is 6.92 Å². The van der Waals surface area contributed by atoms with Crippen molar-refractivity contribution >= 4 is 11.9 Å². The largest absolute Gasteiger partial charge is 0.464 e. The summed E-state index contributed by atoms with van der Waals surface area (Å²) in [6, 6.07) is 0.397. The summed E-state index contributed by atoms with van der Waals surface area (Å²) in [4.78, 5) is 15.3. The minimum atomic E-state index is 0.397. The quantitative estimate of drug-likeness (QED) is 0.775. The summed E-state index contributed by atoms with van der Waals surface area (Å²) < 4.78 is 5.41. The maximum atomic E-state index is 5.41. The lowest BCUT2D eigenvalue weighted by Crippen LogP contribution is -2.29. The summed E-state index contributed by atoms with van der Waals surface area (Å²) in [5.74, 6) is 2.08. The van der Waals surface area contributed by atoms with Crippen molar-refractivity contribution in [3.8, 4) is 6.01 Å². The van der Waals surface area contributed by atoms with Gasteiger partial charge in [0.1, 0.15) is 0 Å². The molecule has 0 bridgehead atoms. The number of aromatic nitrogens is 3. The topological polar surface area (TPSA) is 63.2 Å². The van der Waals surface area contributed by atoms with Gasteiger partial charge >= 0.3 is 6.01 Å². The minimum absolute atomic E-state index is 0.397. The Morgan fingerprint density at radius 2 is 2.05 bits per heavy atom. The highest BCUT2D eigenvalue weighted by molar-refractivity contribution is 5.38. The zero-order valence-electron chi connectivity index (χ0n) is 12.0. The first-order valence-corrected chi connectivity index (χ1v) is 7.08. The van der Waals surface area contributed by atoms with Gasteiger partial charge in [0, 0.05) is 20.1 Å². The molecule has 0 radical (unpaired) electrons. The number of anilines is 2. The summed E-state index contributed by atoms with van der Waals surface area (Å²) in [7, 11) is 1.81. The van der Waals surface area contributed by atoms with Crippen molar-refractivity contribution in [2.24, 2.45) is 5.92 Å². The van der Waals surface area contributed by atoms with Gasteiger partial charge in [0.2, 0.25) is 11.9 Å². The van der Waals surface area contributed by atoms with E-state index in [0.29, 0.717) is 18.6 Å². The van der Waals surface area contributed by atoms with Crippen LogP contribution in [0.25, 0.3) is 0 Å². The maximum Gasteiger partial charge on any atom is 0.323 e. The third kappa shape index (κ3) is 3.94. The molecule has 0 unspecified atom stereocenters. The fourth-order valence-corrected chi connectivity index (χ4v) is 1.95. The second-order valence-electron chi connectivity index (χ2n) is 4.81. The van der Waals surface area contributed by atoms with E-state index in [0.717, 1.165) is 31.4 Å². The van der Waals surface area contributed by atoms with Crippen molar-refractivity contribution in [1.29, 1.82) is 0 Å². The van der Waals surface area contributed by atoms with Gasteiger partial charge in [0.05, 0.1) is 6.61 Å². The molecule has 1 fully saturated rings. The van der Waals surface area contributed by atoms with E-state index in [1.165, 1.54) is 12.8 Å². The van der Waals surface area contributed by atoms with E-state index in [-0.39, 0.29) is 0 Å². The molecule has 106 valence electrons. The van der Waals surface area contributed by atoms with Crippen LogP contribution in [-0.4, -0.2) is 41.7 Å². The van der Waals surface area contributed by atoms with Crippen LogP contribution in [0, 0.1) is 5.92 Å². The van der Waals surface area contributed by atoms with Crippen LogP contribution in [0.1, 0.15) is 33.1 Å². The fraction of sp³-hybridized carbons (Fsp3) is 0.769. The molecule has 1 aromatic heterocycles. The Morgan fingerprint density at radius 3 is 2.63 bits per heavy atom. The Kier molecular flexibility index (Phi) is 4.76. The fourth-order valence-electron chi connectivity index (χ4n) is 1.95. The zero-order chi connectivity index (χ0) is 13.7. The van der Waals surface area contributed by atoms with E-state index >= 15 is 0 Å². The molecule has 1 aliphatic carbocycles. The van der Waals surface area contributed by atoms with Crippen LogP contribution in [0.2, 0.25) is 0 Å². The Bertz CT molecular complexity index is 408. The van der Waals surface area contributed by atoms with Crippen molar-refractivity contribution in [3.63, 3.8) is 0 Å². The molecule has 1 aromatic rings. The summed E-state index contributed by atoms with van der Waals surface area (Å²) >= 11 is 0. The normalized spacial score (nSPS) is 14.3. The van der Waals surface area contributed by atoms with Gasteiger partial charge < -0.3 is 15.0 Å². The minimum Gasteiger partial charge on any atom is -0.464 e. The first kappa shape index (κ1) is 13.8. The molecule has 0 atom stereocenters. The number of nitrogens with one attached hydrogen (secondary N) is 1. The third-order valence-corrected chi connectivity index (χ3v) is 3.05. The Labute approximate surface area is 114 Å². The zero-order valence-corrected chi connectivity index (χ0v) is 12.0. The number of ether oxygens (including phenoxy) is 1. The molecule has 1 aliphatic rings. The van der Waals surface area contributed by atoms with Gasteiger partial charge in [-0.25, -0.2) is 0 Å². The molecule has 1 saturated carbocycles. The second-order valence-corrected chi connectivity index (χ2v) is 4.81. The van der Waals surface area contributed by atoms with Crippen LogP contribution in [0.3, 0.4) is 0 Å². The molecular weight excluding hydrogens is 242 g/mol. The molecule has 0 spiro atoms. The van der Waals surface area contributed by atoms with E-state index in [1.807, 2.05) is 6.92 Å². The van der Waals surface area contributed by atoms with Crippen LogP contribution in [0.4, 0.5) is 11.9 Å². The second kappa shape index (κ2) is 6.54. The third-order valence-electron chi connectivity index (χ3n) is 3.05. The summed E-state index contributed by atoms with van der Waals surface area (Å²) in [5, 5.41) is 2.96. The Balaban J connectivity index is 2.19. The molecule has 6 heteroatoms. The first-order chi connectivity index (χ1) is 9.26. The lowest BCUT2D eigenvalue weighted by Gasteiger charge is -2.22. The highest BCUT2D eigenvalue weighted by Gasteiger charge is 2.25. The predicted molar refractivity (Wildman–Crippen MR) is 75.8 cm³/mol. The van der Waals surface area contributed by atoms with Crippen molar-refractivity contribution in [1.82, 2.24) is 15.0 Å². The van der Waals surface area contributed by atoms with E-state index < -0.39 is 0 Å². The lowest BCUT2D eigenvalue weighted by molar-refractivity contribution is 0.312. The number of nitrogens with zero attached hydrogens (tertiary/aromatic N) is 4. The van der Waals surface area contributed by atoms with Crippen LogP contribution >= 0.6 is 0 Å². The summed E-state index contributed by atoms with van der Waals surface area (Å²) in [6.07, 6.45) is 3.72. The predicted octanol–water partition coefficient (Wildman–Crippen LogP) is 1.94. The Morgan fingerprint density at radius 1 is 1.26 bits per heavy atom. The molecule has 0 amide bonds. The molecule has 0 aliphatic heterocycles. The standard InChI is InChI=1S/C13H23N5O/c1-4-8-18(9-10-6-7-10)12-15-11(14-3)16-13(17-12)19-5-2/h10H,4-9H2,1-3H3,(H,14,15,16,17). The van der Waals surface area contributed by atoms with Crippen LogP contribution in [-0.2, 0) is 0 Å². The molecule has 1 N–H and O–H groups in total. The summed E-state index contributed by atoms with van der Waals surface area (Å²) in [5.41, 5.74) is 0. The molecular formula is C13H23N5O. The average molecular weight is 265 g/mol. The van der Waals surface area contributed by atoms with Gasteiger partial charge in [0.15, 0.2) is 0 Å². The van der Waals surface area contributed by atoms with Gasteiger partial charge in [0.25, 0.3) is 0 Å². The molecule has 6 nitrogen and oxygen atoms in total. The Hall–Kier alpha value is -1.59. The van der Waals surface area contributed by atoms with E-state index in [2.05, 4.69) is 32.1 Å². The van der Waals surface area contributed by atoms with Gasteiger partial charge in [-0.05, 0) is 32.1 Å². The van der Waals surface area contributed by atoms with Gasteiger partial charge in [-0.3, -0.25) is 0 Å². The highest BCUT2D eigenvalue weighted by Crippen LogP contribution is 2.31. The molecule has 0 saturated heterocycles. The molecule has 2 rings (SSSR count). The van der Waals surface area contributed by atoms with Crippen LogP contribution in [0.5, 0.6) is 6.01 Å². The van der Waals surface area contributed by atoms with Gasteiger partial charge in [-0.15, -0.1) is 0 Å². The lowest BCUT2D eigenvalue weighted by atomic mass is 10.3. The van der Waals surface area contributed by atoms with E-state index in [4.69, 9.17) is 4.74 Å². The van der Waals surface area contributed by atoms with Crippen LogP contribution < -0.4 is 15.0 Å². The highest BCUT2D eigenvalue weighted by atomic mass is 16.5. The van der Waals surface area contributed by atoms with Crippen molar-refractivity contribution < 1.29 is 4.74 Å². The summed E-state index contributed by atoms with van der Waals surface area (Å²) in [6.45, 7) is 6.66. The van der Waals surface area contributed by atoms with Crippen molar-refractivity contribution in [3.05, 3.63) is 0 Å². The van der Waals surface area contributed by atoms with Crippen LogP contribution in [0.15, 0.2) is 0 Å². The monoisotopic (exact) mass is 265 g/mol. The smallest absolute Gasteiger partial charge is 0.323 e. The number of hydrogen-bond acceptors (Lipinski definition) is 6. The van der Waals surface area contributed by atoms with E-state index in [1.54, 1.807) is 7.05 Å². The number of rotatable bonds is 8. The van der Waals surface area contributed by atoms with E-state index in [9.17, 15) is 0 Å². The molecule has 0 aromatic carbocycles. The van der Waals surface area contributed by atoms with Crippen molar-refractivity contribution in [2.75, 3.05) is 37.0 Å². The maximum absolute atomic E-state index is 5.41. The molecule has 19 heavy (non-hydrogen) atoms.